The summed E-state index contributed by atoms with van der Waals surface area (Å²) in [5.41, 5.74) is 2.29. The number of pyridine rings is 2. The number of piperidine rings is 1. The highest BCUT2D eigenvalue weighted by Crippen LogP contribution is 2.22. The minimum Gasteiger partial charge on any atom is -0.371 e. The quantitative estimate of drug-likeness (QED) is 0.907. The molecule has 1 aliphatic heterocycles. The highest BCUT2D eigenvalue weighted by atomic mass is 16.2. The molecule has 2 aromatic rings. The first-order valence-electron chi connectivity index (χ1n) is 8.33. The van der Waals surface area contributed by atoms with Crippen LogP contribution in [0.2, 0.25) is 0 Å². The molecule has 24 heavy (non-hydrogen) atoms. The molecule has 126 valence electrons. The number of carbonyl (C=O) groups is 1. The van der Waals surface area contributed by atoms with Crippen LogP contribution in [0.25, 0.3) is 0 Å². The van der Waals surface area contributed by atoms with Crippen LogP contribution in [0.3, 0.4) is 0 Å². The molecule has 1 fully saturated rings. The second kappa shape index (κ2) is 7.77. The lowest BCUT2D eigenvalue weighted by atomic mass is 9.96. The van der Waals surface area contributed by atoms with Gasteiger partial charge in [-0.2, -0.15) is 0 Å². The molecule has 0 aliphatic carbocycles. The summed E-state index contributed by atoms with van der Waals surface area (Å²) >= 11 is 0. The number of anilines is 2. The third kappa shape index (κ3) is 4.44. The molecule has 2 amide bonds. The molecule has 0 atom stereocenters. The van der Waals surface area contributed by atoms with Gasteiger partial charge in [0, 0.05) is 43.9 Å². The number of nitrogens with one attached hydrogen (secondary N) is 2. The summed E-state index contributed by atoms with van der Waals surface area (Å²) in [7, 11) is 0. The zero-order valence-corrected chi connectivity index (χ0v) is 13.9. The Kier molecular flexibility index (Phi) is 5.25. The minimum absolute atomic E-state index is 0.192. The fourth-order valence-corrected chi connectivity index (χ4v) is 2.89. The van der Waals surface area contributed by atoms with E-state index in [0.29, 0.717) is 18.3 Å². The first kappa shape index (κ1) is 16.2. The van der Waals surface area contributed by atoms with Crippen LogP contribution >= 0.6 is 0 Å². The van der Waals surface area contributed by atoms with Crippen molar-refractivity contribution in [3.63, 3.8) is 0 Å². The third-order valence-electron chi connectivity index (χ3n) is 4.35. The molecule has 0 saturated carbocycles. The average Bonchev–Trinajstić information content (AvgIpc) is 2.63. The van der Waals surface area contributed by atoms with Crippen molar-refractivity contribution in [3.8, 4) is 0 Å². The molecular formula is C18H23N5O. The Morgan fingerprint density at radius 3 is 2.62 bits per heavy atom. The molecule has 2 N–H and O–H groups in total. The van der Waals surface area contributed by atoms with E-state index < -0.39 is 0 Å². The summed E-state index contributed by atoms with van der Waals surface area (Å²) in [6.45, 7) is 4.69. The number of hydrogen-bond acceptors (Lipinski definition) is 4. The number of carbonyl (C=O) groups excluding carboxylic acids is 1. The Bertz CT molecular complexity index is 651. The van der Waals surface area contributed by atoms with Gasteiger partial charge in [-0.05, 0) is 49.4 Å². The van der Waals surface area contributed by atoms with E-state index in [0.717, 1.165) is 31.5 Å². The molecule has 3 heterocycles. The number of hydrogen-bond donors (Lipinski definition) is 2. The topological polar surface area (TPSA) is 70.2 Å². The maximum absolute atomic E-state index is 11.9. The molecular weight excluding hydrogens is 302 g/mol. The first-order valence-corrected chi connectivity index (χ1v) is 8.33. The maximum atomic E-state index is 11.9. The van der Waals surface area contributed by atoms with E-state index in [-0.39, 0.29) is 6.03 Å². The first-order chi connectivity index (χ1) is 11.7. The highest BCUT2D eigenvalue weighted by molar-refractivity contribution is 5.88. The summed E-state index contributed by atoms with van der Waals surface area (Å²) in [5.74, 6) is 1.09. The highest BCUT2D eigenvalue weighted by Gasteiger charge is 2.19. The lowest BCUT2D eigenvalue weighted by molar-refractivity contribution is 0.248. The molecule has 0 radical (unpaired) electrons. The Morgan fingerprint density at radius 2 is 1.96 bits per heavy atom. The van der Waals surface area contributed by atoms with Crippen molar-refractivity contribution >= 4 is 17.5 Å². The molecule has 6 heteroatoms. The number of aromatic nitrogens is 2. The largest absolute Gasteiger partial charge is 0.371 e. The zero-order valence-electron chi connectivity index (χ0n) is 13.9. The van der Waals surface area contributed by atoms with Crippen molar-refractivity contribution in [2.45, 2.75) is 19.8 Å². The molecule has 1 aliphatic rings. The van der Waals surface area contributed by atoms with Crippen LogP contribution in [0.1, 0.15) is 18.4 Å². The standard InChI is InChI=1S/C18H23N5O/c1-14-2-3-17(20-12-14)22-18(24)21-13-15-6-10-23(11-7-15)16-4-8-19-9-5-16/h2-5,8-9,12,15H,6-7,10-11,13H2,1H3,(H2,20,21,22,24). The monoisotopic (exact) mass is 325 g/mol. The maximum Gasteiger partial charge on any atom is 0.320 e. The van der Waals surface area contributed by atoms with E-state index in [2.05, 4.69) is 25.5 Å². The molecule has 0 unspecified atom stereocenters. The smallest absolute Gasteiger partial charge is 0.320 e. The fraction of sp³-hybridized carbons (Fsp3) is 0.389. The average molecular weight is 325 g/mol. The van der Waals surface area contributed by atoms with Gasteiger partial charge in [-0.15, -0.1) is 0 Å². The van der Waals surface area contributed by atoms with E-state index in [4.69, 9.17) is 0 Å². The number of urea groups is 1. The van der Waals surface area contributed by atoms with Crippen LogP contribution in [0.5, 0.6) is 0 Å². The van der Waals surface area contributed by atoms with Gasteiger partial charge in [0.1, 0.15) is 5.82 Å². The molecule has 0 bridgehead atoms. The molecule has 2 aromatic heterocycles. The minimum atomic E-state index is -0.192. The Labute approximate surface area is 142 Å². The van der Waals surface area contributed by atoms with E-state index >= 15 is 0 Å². The van der Waals surface area contributed by atoms with Gasteiger partial charge >= 0.3 is 6.03 Å². The van der Waals surface area contributed by atoms with Crippen LogP contribution in [-0.4, -0.2) is 35.6 Å². The van der Waals surface area contributed by atoms with Gasteiger partial charge < -0.3 is 10.2 Å². The summed E-state index contributed by atoms with van der Waals surface area (Å²) in [6, 6.07) is 7.63. The van der Waals surface area contributed by atoms with E-state index in [9.17, 15) is 4.79 Å². The SMILES string of the molecule is Cc1ccc(NC(=O)NCC2CCN(c3ccncc3)CC2)nc1. The van der Waals surface area contributed by atoms with E-state index in [1.54, 1.807) is 6.20 Å². The van der Waals surface area contributed by atoms with Crippen molar-refractivity contribution in [1.29, 1.82) is 0 Å². The summed E-state index contributed by atoms with van der Waals surface area (Å²) < 4.78 is 0. The second-order valence-corrected chi connectivity index (χ2v) is 6.19. The summed E-state index contributed by atoms with van der Waals surface area (Å²) in [6.07, 6.45) is 7.54. The van der Waals surface area contributed by atoms with Crippen molar-refractivity contribution in [3.05, 3.63) is 48.4 Å². The predicted molar refractivity (Wildman–Crippen MR) is 95.2 cm³/mol. The van der Waals surface area contributed by atoms with Crippen LogP contribution in [0, 0.1) is 12.8 Å². The Hall–Kier alpha value is -2.63. The van der Waals surface area contributed by atoms with Gasteiger partial charge in [-0.25, -0.2) is 9.78 Å². The van der Waals surface area contributed by atoms with E-state index in [1.165, 1.54) is 5.69 Å². The molecule has 0 aromatic carbocycles. The molecule has 1 saturated heterocycles. The Morgan fingerprint density at radius 1 is 1.21 bits per heavy atom. The molecule has 0 spiro atoms. The van der Waals surface area contributed by atoms with Gasteiger partial charge in [0.15, 0.2) is 0 Å². The number of aryl methyl sites for hydroxylation is 1. The zero-order chi connectivity index (χ0) is 16.8. The van der Waals surface area contributed by atoms with Crippen molar-refractivity contribution in [2.75, 3.05) is 29.9 Å². The summed E-state index contributed by atoms with van der Waals surface area (Å²) in [4.78, 5) is 22.5. The number of amides is 2. The van der Waals surface area contributed by atoms with Gasteiger partial charge in [-0.1, -0.05) is 6.07 Å². The lowest BCUT2D eigenvalue weighted by Gasteiger charge is -2.33. The van der Waals surface area contributed by atoms with Crippen molar-refractivity contribution in [1.82, 2.24) is 15.3 Å². The molecule has 6 nitrogen and oxygen atoms in total. The van der Waals surface area contributed by atoms with Gasteiger partial charge in [0.05, 0.1) is 0 Å². The van der Waals surface area contributed by atoms with Crippen LogP contribution < -0.4 is 15.5 Å². The van der Waals surface area contributed by atoms with Crippen LogP contribution in [0.4, 0.5) is 16.3 Å². The van der Waals surface area contributed by atoms with Crippen LogP contribution in [0.15, 0.2) is 42.9 Å². The summed E-state index contributed by atoms with van der Waals surface area (Å²) in [5, 5.41) is 5.72. The molecule has 3 rings (SSSR count). The number of rotatable bonds is 4. The number of nitrogens with zero attached hydrogens (tertiary/aromatic N) is 3. The van der Waals surface area contributed by atoms with Crippen molar-refractivity contribution in [2.24, 2.45) is 5.92 Å². The van der Waals surface area contributed by atoms with Gasteiger partial charge in [-0.3, -0.25) is 10.3 Å². The third-order valence-corrected chi connectivity index (χ3v) is 4.35. The lowest BCUT2D eigenvalue weighted by Crippen LogP contribution is -2.39. The van der Waals surface area contributed by atoms with Gasteiger partial charge in [0.25, 0.3) is 0 Å². The normalized spacial score (nSPS) is 15.1. The van der Waals surface area contributed by atoms with Gasteiger partial charge in [0.2, 0.25) is 0 Å². The predicted octanol–water partition coefficient (Wildman–Crippen LogP) is 2.82. The Balaban J connectivity index is 1.40. The van der Waals surface area contributed by atoms with Crippen LogP contribution in [-0.2, 0) is 0 Å². The van der Waals surface area contributed by atoms with E-state index in [1.807, 2.05) is 43.6 Å². The van der Waals surface area contributed by atoms with Crippen molar-refractivity contribution < 1.29 is 4.79 Å². The fourth-order valence-electron chi connectivity index (χ4n) is 2.89. The second-order valence-electron chi connectivity index (χ2n) is 6.19.